The second-order valence-electron chi connectivity index (χ2n) is 3.88. The lowest BCUT2D eigenvalue weighted by Crippen LogP contribution is -2.13. The van der Waals surface area contributed by atoms with Crippen molar-refractivity contribution in [3.05, 3.63) is 46.5 Å². The van der Waals surface area contributed by atoms with Crippen LogP contribution in [0.2, 0.25) is 0 Å². The number of aliphatic hydroxyl groups is 1. The molecule has 0 atom stereocenters. The number of aromatic nitrogens is 1. The molecule has 0 saturated heterocycles. The van der Waals surface area contributed by atoms with E-state index in [9.17, 15) is 13.6 Å². The van der Waals surface area contributed by atoms with E-state index >= 15 is 0 Å². The Morgan fingerprint density at radius 2 is 2.24 bits per heavy atom. The lowest BCUT2D eigenvalue weighted by molar-refractivity contribution is 0.102. The Kier molecular flexibility index (Phi) is 4.98. The monoisotopic (exact) mass is 308 g/mol. The van der Waals surface area contributed by atoms with Crippen molar-refractivity contribution < 1.29 is 18.7 Å². The van der Waals surface area contributed by atoms with Gasteiger partial charge in [0.25, 0.3) is 5.91 Å². The Morgan fingerprint density at radius 1 is 1.43 bits per heavy atom. The van der Waals surface area contributed by atoms with Crippen LogP contribution in [0, 0.1) is 23.5 Å². The lowest BCUT2D eigenvalue weighted by atomic mass is 10.2. The number of anilines is 1. The Bertz CT molecular complexity index is 719. The number of aliphatic hydroxyl groups excluding tert-OH is 1. The molecule has 0 aliphatic rings. The Morgan fingerprint density at radius 3 is 2.95 bits per heavy atom. The molecule has 0 fully saturated rings. The van der Waals surface area contributed by atoms with Crippen molar-refractivity contribution in [2.24, 2.45) is 0 Å². The molecule has 4 nitrogen and oxygen atoms in total. The second-order valence-corrected chi connectivity index (χ2v) is 4.91. The summed E-state index contributed by atoms with van der Waals surface area (Å²) in [5, 5.41) is 11.3. The van der Waals surface area contributed by atoms with E-state index in [0.29, 0.717) is 17.4 Å². The number of nitrogens with one attached hydrogen (secondary N) is 1. The zero-order valence-electron chi connectivity index (χ0n) is 10.7. The SMILES string of the molecule is O=C(Nc1ncc(C#CCCO)s1)c1ccc(F)cc1F. The van der Waals surface area contributed by atoms with Gasteiger partial charge in [-0.15, -0.1) is 0 Å². The summed E-state index contributed by atoms with van der Waals surface area (Å²) in [5.41, 5.74) is -0.264. The zero-order valence-corrected chi connectivity index (χ0v) is 11.5. The predicted molar refractivity (Wildman–Crippen MR) is 75.0 cm³/mol. The number of thiazole rings is 1. The maximum absolute atomic E-state index is 13.5. The maximum atomic E-state index is 13.5. The number of hydrogen-bond acceptors (Lipinski definition) is 4. The van der Waals surface area contributed by atoms with Crippen LogP contribution in [-0.4, -0.2) is 22.6 Å². The molecule has 21 heavy (non-hydrogen) atoms. The highest BCUT2D eigenvalue weighted by atomic mass is 32.1. The molecule has 1 aromatic heterocycles. The van der Waals surface area contributed by atoms with Gasteiger partial charge >= 0.3 is 0 Å². The second kappa shape index (κ2) is 6.92. The van der Waals surface area contributed by atoms with E-state index < -0.39 is 17.5 Å². The third-order valence-electron chi connectivity index (χ3n) is 2.35. The van der Waals surface area contributed by atoms with Crippen LogP contribution < -0.4 is 5.32 Å². The summed E-state index contributed by atoms with van der Waals surface area (Å²) in [6.07, 6.45) is 1.81. The molecular formula is C14H10F2N2O2S. The number of halogens is 2. The number of amides is 1. The summed E-state index contributed by atoms with van der Waals surface area (Å²) in [6.45, 7) is -0.0285. The largest absolute Gasteiger partial charge is 0.395 e. The number of nitrogens with zero attached hydrogens (tertiary/aromatic N) is 1. The van der Waals surface area contributed by atoms with Crippen LogP contribution in [0.25, 0.3) is 0 Å². The van der Waals surface area contributed by atoms with Crippen molar-refractivity contribution in [3.8, 4) is 11.8 Å². The summed E-state index contributed by atoms with van der Waals surface area (Å²) in [5.74, 6) is 3.09. The van der Waals surface area contributed by atoms with Crippen molar-refractivity contribution in [2.45, 2.75) is 6.42 Å². The van der Waals surface area contributed by atoms with Crippen molar-refractivity contribution in [2.75, 3.05) is 11.9 Å². The number of rotatable bonds is 3. The predicted octanol–water partition coefficient (Wildman–Crippen LogP) is 2.41. The molecule has 0 saturated carbocycles. The van der Waals surface area contributed by atoms with Gasteiger partial charge < -0.3 is 5.11 Å². The zero-order chi connectivity index (χ0) is 15.2. The van der Waals surface area contributed by atoms with Crippen LogP contribution in [-0.2, 0) is 0 Å². The van der Waals surface area contributed by atoms with Gasteiger partial charge in [-0.25, -0.2) is 13.8 Å². The topological polar surface area (TPSA) is 62.2 Å². The average Bonchev–Trinajstić information content (AvgIpc) is 2.86. The molecule has 0 aliphatic carbocycles. The fraction of sp³-hybridized carbons (Fsp3) is 0.143. The van der Waals surface area contributed by atoms with Gasteiger partial charge in [0.05, 0.1) is 23.2 Å². The normalized spacial score (nSPS) is 9.86. The first-order chi connectivity index (χ1) is 10.1. The fourth-order valence-corrected chi connectivity index (χ4v) is 2.12. The molecule has 0 unspecified atom stereocenters. The van der Waals surface area contributed by atoms with E-state index in [1.807, 2.05) is 0 Å². The van der Waals surface area contributed by atoms with E-state index in [1.165, 1.54) is 6.20 Å². The summed E-state index contributed by atoms with van der Waals surface area (Å²) >= 11 is 1.12. The first kappa shape index (κ1) is 15.1. The molecule has 2 rings (SSSR count). The molecule has 0 spiro atoms. The van der Waals surface area contributed by atoms with Gasteiger partial charge in [-0.1, -0.05) is 23.2 Å². The molecule has 2 N–H and O–H groups in total. The van der Waals surface area contributed by atoms with Crippen LogP contribution >= 0.6 is 11.3 Å². The molecule has 0 radical (unpaired) electrons. The fourth-order valence-electron chi connectivity index (χ4n) is 1.43. The van der Waals surface area contributed by atoms with Gasteiger partial charge in [-0.3, -0.25) is 10.1 Å². The van der Waals surface area contributed by atoms with Crippen LogP contribution in [0.4, 0.5) is 13.9 Å². The minimum atomic E-state index is -0.938. The summed E-state index contributed by atoms with van der Waals surface area (Å²) < 4.78 is 26.2. The number of carbonyl (C=O) groups excluding carboxylic acids is 1. The highest BCUT2D eigenvalue weighted by molar-refractivity contribution is 7.16. The van der Waals surface area contributed by atoms with Gasteiger partial charge in [0.2, 0.25) is 0 Å². The molecule has 0 bridgehead atoms. The van der Waals surface area contributed by atoms with E-state index in [1.54, 1.807) is 0 Å². The van der Waals surface area contributed by atoms with Gasteiger partial charge in [0.1, 0.15) is 11.6 Å². The smallest absolute Gasteiger partial charge is 0.260 e. The van der Waals surface area contributed by atoms with Crippen LogP contribution in [0.1, 0.15) is 21.7 Å². The van der Waals surface area contributed by atoms with Crippen LogP contribution in [0.3, 0.4) is 0 Å². The third-order valence-corrected chi connectivity index (χ3v) is 3.18. The summed E-state index contributed by atoms with van der Waals surface area (Å²) in [7, 11) is 0. The average molecular weight is 308 g/mol. The van der Waals surface area contributed by atoms with Gasteiger partial charge in [0, 0.05) is 12.5 Å². The summed E-state index contributed by atoms with van der Waals surface area (Å²) in [4.78, 5) is 16.4. The Hall–Kier alpha value is -2.30. The number of hydrogen-bond donors (Lipinski definition) is 2. The first-order valence-corrected chi connectivity index (χ1v) is 6.74. The van der Waals surface area contributed by atoms with Gasteiger partial charge in [-0.2, -0.15) is 0 Å². The van der Waals surface area contributed by atoms with Crippen molar-refractivity contribution in [3.63, 3.8) is 0 Å². The minimum Gasteiger partial charge on any atom is -0.395 e. The molecule has 1 amide bonds. The molecule has 108 valence electrons. The number of carbonyl (C=O) groups is 1. The quantitative estimate of drug-likeness (QED) is 0.856. The van der Waals surface area contributed by atoms with Gasteiger partial charge in [0.15, 0.2) is 5.13 Å². The summed E-state index contributed by atoms with van der Waals surface area (Å²) in [6, 6.07) is 2.71. The van der Waals surface area contributed by atoms with Gasteiger partial charge in [-0.05, 0) is 12.1 Å². The van der Waals surface area contributed by atoms with Crippen molar-refractivity contribution in [1.82, 2.24) is 4.98 Å². The molecule has 2 aromatic rings. The molecule has 1 heterocycles. The minimum absolute atomic E-state index is 0.0285. The van der Waals surface area contributed by atoms with E-state index in [-0.39, 0.29) is 17.3 Å². The van der Waals surface area contributed by atoms with Crippen molar-refractivity contribution in [1.29, 1.82) is 0 Å². The first-order valence-electron chi connectivity index (χ1n) is 5.92. The Labute approximate surface area is 123 Å². The van der Waals surface area contributed by atoms with Crippen LogP contribution in [0.5, 0.6) is 0 Å². The van der Waals surface area contributed by atoms with Crippen molar-refractivity contribution >= 4 is 22.4 Å². The lowest BCUT2D eigenvalue weighted by Gasteiger charge is -2.02. The molecule has 1 aromatic carbocycles. The number of benzene rings is 1. The highest BCUT2D eigenvalue weighted by Crippen LogP contribution is 2.19. The highest BCUT2D eigenvalue weighted by Gasteiger charge is 2.14. The molecule has 7 heteroatoms. The Balaban J connectivity index is 2.08. The standard InChI is InChI=1S/C14H10F2N2O2S/c15-9-4-5-11(12(16)7-9)13(20)18-14-17-8-10(21-14)3-1-2-6-19/h4-5,7-8,19H,2,6H2,(H,17,18,20). The third kappa shape index (κ3) is 4.08. The van der Waals surface area contributed by atoms with E-state index in [2.05, 4.69) is 22.1 Å². The van der Waals surface area contributed by atoms with E-state index in [4.69, 9.17) is 5.11 Å². The molecule has 0 aliphatic heterocycles. The molecular weight excluding hydrogens is 298 g/mol. The van der Waals surface area contributed by atoms with E-state index in [0.717, 1.165) is 23.5 Å². The van der Waals surface area contributed by atoms with Crippen LogP contribution in [0.15, 0.2) is 24.4 Å². The maximum Gasteiger partial charge on any atom is 0.260 e.